The van der Waals surface area contributed by atoms with E-state index >= 15 is 0 Å². The van der Waals surface area contributed by atoms with Crippen LogP contribution in [0.4, 0.5) is 0 Å². The highest BCUT2D eigenvalue weighted by molar-refractivity contribution is 9.10. The van der Waals surface area contributed by atoms with E-state index in [2.05, 4.69) is 21.0 Å². The Kier molecular flexibility index (Phi) is 3.56. The Hall–Kier alpha value is -2.07. The number of aromatic nitrogens is 2. The largest absolute Gasteiger partial charge is 0.497 e. The zero-order valence-corrected chi connectivity index (χ0v) is 12.5. The van der Waals surface area contributed by atoms with E-state index in [-0.39, 0.29) is 0 Å². The van der Waals surface area contributed by atoms with Crippen molar-refractivity contribution in [3.05, 3.63) is 65.3 Å². The third kappa shape index (κ3) is 2.47. The number of hydrogen-bond donors (Lipinski definition) is 0. The van der Waals surface area contributed by atoms with Crippen LogP contribution in [0.25, 0.3) is 16.9 Å². The van der Waals surface area contributed by atoms with E-state index in [0.717, 1.165) is 27.2 Å². The molecule has 0 aliphatic carbocycles. The predicted octanol–water partition coefficient (Wildman–Crippen LogP) is 4.31. The minimum atomic E-state index is 0.815. The lowest BCUT2D eigenvalue weighted by Gasteiger charge is -2.04. The second kappa shape index (κ2) is 5.51. The van der Waals surface area contributed by atoms with Gasteiger partial charge in [-0.15, -0.1) is 0 Å². The third-order valence-electron chi connectivity index (χ3n) is 3.03. The Labute approximate surface area is 125 Å². The molecule has 3 rings (SSSR count). The summed E-state index contributed by atoms with van der Waals surface area (Å²) < 4.78 is 8.05. The summed E-state index contributed by atoms with van der Waals surface area (Å²) in [5.74, 6) is 0.815. The van der Waals surface area contributed by atoms with Crippen LogP contribution < -0.4 is 4.74 Å². The van der Waals surface area contributed by atoms with Gasteiger partial charge in [0.15, 0.2) is 0 Å². The number of ether oxygens (including phenoxy) is 1. The number of rotatable bonds is 3. The van der Waals surface area contributed by atoms with E-state index in [1.165, 1.54) is 0 Å². The van der Waals surface area contributed by atoms with Gasteiger partial charge in [0.05, 0.1) is 17.3 Å². The third-order valence-corrected chi connectivity index (χ3v) is 3.61. The van der Waals surface area contributed by atoms with E-state index in [9.17, 15) is 0 Å². The van der Waals surface area contributed by atoms with Crippen molar-refractivity contribution in [3.8, 4) is 22.7 Å². The highest BCUT2D eigenvalue weighted by Crippen LogP contribution is 2.28. The monoisotopic (exact) mass is 328 g/mol. The lowest BCUT2D eigenvalue weighted by Crippen LogP contribution is -1.95. The first-order chi connectivity index (χ1) is 9.78. The number of benzene rings is 2. The molecule has 1 heterocycles. The van der Waals surface area contributed by atoms with Crippen LogP contribution in [0.1, 0.15) is 0 Å². The van der Waals surface area contributed by atoms with Gasteiger partial charge in [0.1, 0.15) is 11.4 Å². The fourth-order valence-electron chi connectivity index (χ4n) is 2.03. The van der Waals surface area contributed by atoms with Gasteiger partial charge in [-0.05, 0) is 28.1 Å². The molecule has 3 aromatic rings. The molecule has 20 heavy (non-hydrogen) atoms. The second-order valence-electron chi connectivity index (χ2n) is 4.34. The fourth-order valence-corrected chi connectivity index (χ4v) is 2.53. The van der Waals surface area contributed by atoms with Crippen LogP contribution in [0.15, 0.2) is 65.3 Å². The van der Waals surface area contributed by atoms with Crippen LogP contribution in [0.2, 0.25) is 0 Å². The van der Waals surface area contributed by atoms with Crippen LogP contribution in [-0.4, -0.2) is 16.9 Å². The van der Waals surface area contributed by atoms with Crippen LogP contribution in [-0.2, 0) is 0 Å². The lowest BCUT2D eigenvalue weighted by atomic mass is 10.2. The highest BCUT2D eigenvalue weighted by atomic mass is 79.9. The molecule has 0 aliphatic rings. The maximum absolute atomic E-state index is 5.25. The molecular formula is C16H13BrN2O. The van der Waals surface area contributed by atoms with Crippen molar-refractivity contribution in [1.82, 2.24) is 9.78 Å². The van der Waals surface area contributed by atoms with Gasteiger partial charge in [0, 0.05) is 17.8 Å². The SMILES string of the molecule is COc1cccc(-n2cc(Br)c(-c3ccccc3)n2)c1. The molecule has 0 amide bonds. The zero-order valence-electron chi connectivity index (χ0n) is 11.0. The van der Waals surface area contributed by atoms with E-state index < -0.39 is 0 Å². The van der Waals surface area contributed by atoms with Crippen molar-refractivity contribution in [2.75, 3.05) is 7.11 Å². The molecule has 4 heteroatoms. The summed E-state index contributed by atoms with van der Waals surface area (Å²) in [6.45, 7) is 0. The van der Waals surface area contributed by atoms with Gasteiger partial charge in [-0.25, -0.2) is 4.68 Å². The van der Waals surface area contributed by atoms with Crippen LogP contribution in [0.5, 0.6) is 5.75 Å². The van der Waals surface area contributed by atoms with Gasteiger partial charge in [-0.1, -0.05) is 36.4 Å². The molecule has 0 saturated heterocycles. The molecule has 0 saturated carbocycles. The lowest BCUT2D eigenvalue weighted by molar-refractivity contribution is 0.414. The Morgan fingerprint density at radius 3 is 2.60 bits per heavy atom. The zero-order chi connectivity index (χ0) is 13.9. The van der Waals surface area contributed by atoms with E-state index in [1.54, 1.807) is 7.11 Å². The topological polar surface area (TPSA) is 27.1 Å². The summed E-state index contributed by atoms with van der Waals surface area (Å²) >= 11 is 3.57. The molecule has 0 N–H and O–H groups in total. The first kappa shape index (κ1) is 12.9. The molecule has 0 spiro atoms. The molecule has 2 aromatic carbocycles. The molecule has 0 aliphatic heterocycles. The van der Waals surface area contributed by atoms with E-state index in [4.69, 9.17) is 4.74 Å². The summed E-state index contributed by atoms with van der Waals surface area (Å²) in [7, 11) is 1.66. The average molecular weight is 329 g/mol. The van der Waals surface area contributed by atoms with Gasteiger partial charge in [0.2, 0.25) is 0 Å². The first-order valence-electron chi connectivity index (χ1n) is 6.23. The average Bonchev–Trinajstić information content (AvgIpc) is 2.90. The molecule has 0 unspecified atom stereocenters. The summed E-state index contributed by atoms with van der Waals surface area (Å²) in [6.07, 6.45) is 1.96. The normalized spacial score (nSPS) is 10.5. The summed E-state index contributed by atoms with van der Waals surface area (Å²) in [4.78, 5) is 0. The maximum Gasteiger partial charge on any atom is 0.121 e. The molecule has 0 atom stereocenters. The highest BCUT2D eigenvalue weighted by Gasteiger charge is 2.10. The molecule has 1 aromatic heterocycles. The number of halogens is 1. The van der Waals surface area contributed by atoms with Gasteiger partial charge in [0.25, 0.3) is 0 Å². The van der Waals surface area contributed by atoms with Crippen LogP contribution in [0.3, 0.4) is 0 Å². The van der Waals surface area contributed by atoms with Crippen molar-refractivity contribution in [2.45, 2.75) is 0 Å². The number of nitrogens with zero attached hydrogens (tertiary/aromatic N) is 2. The Bertz CT molecular complexity index is 722. The summed E-state index contributed by atoms with van der Waals surface area (Å²) in [5, 5.41) is 4.64. The van der Waals surface area contributed by atoms with Gasteiger partial charge in [-0.2, -0.15) is 5.10 Å². The molecule has 100 valence electrons. The van der Waals surface area contributed by atoms with Crippen molar-refractivity contribution < 1.29 is 4.74 Å². The van der Waals surface area contributed by atoms with Crippen LogP contribution >= 0.6 is 15.9 Å². The number of methoxy groups -OCH3 is 1. The Morgan fingerprint density at radius 2 is 1.85 bits per heavy atom. The molecule has 0 radical (unpaired) electrons. The van der Waals surface area contributed by atoms with Gasteiger partial charge >= 0.3 is 0 Å². The van der Waals surface area contributed by atoms with E-state index in [1.807, 2.05) is 65.5 Å². The van der Waals surface area contributed by atoms with E-state index in [0.29, 0.717) is 0 Å². The smallest absolute Gasteiger partial charge is 0.121 e. The standard InChI is InChI=1S/C16H13BrN2O/c1-20-14-9-5-8-13(10-14)19-11-15(17)16(18-19)12-6-3-2-4-7-12/h2-11H,1H3. The van der Waals surface area contributed by atoms with Gasteiger partial charge < -0.3 is 4.74 Å². The molecule has 0 fully saturated rings. The minimum absolute atomic E-state index is 0.815. The quantitative estimate of drug-likeness (QED) is 0.716. The van der Waals surface area contributed by atoms with Gasteiger partial charge in [-0.3, -0.25) is 0 Å². The van der Waals surface area contributed by atoms with Crippen molar-refractivity contribution in [2.24, 2.45) is 0 Å². The summed E-state index contributed by atoms with van der Waals surface area (Å²) in [6, 6.07) is 17.9. The Morgan fingerprint density at radius 1 is 1.05 bits per heavy atom. The predicted molar refractivity (Wildman–Crippen MR) is 83.3 cm³/mol. The first-order valence-corrected chi connectivity index (χ1v) is 7.02. The van der Waals surface area contributed by atoms with Crippen molar-refractivity contribution in [3.63, 3.8) is 0 Å². The van der Waals surface area contributed by atoms with Crippen molar-refractivity contribution >= 4 is 15.9 Å². The molecule has 3 nitrogen and oxygen atoms in total. The summed E-state index contributed by atoms with van der Waals surface area (Å²) in [5.41, 5.74) is 2.97. The number of hydrogen-bond acceptors (Lipinski definition) is 2. The Balaban J connectivity index is 2.04. The maximum atomic E-state index is 5.25. The second-order valence-corrected chi connectivity index (χ2v) is 5.19. The van der Waals surface area contributed by atoms with Crippen molar-refractivity contribution in [1.29, 1.82) is 0 Å². The molecular weight excluding hydrogens is 316 g/mol. The fraction of sp³-hybridized carbons (Fsp3) is 0.0625. The van der Waals surface area contributed by atoms with Crippen LogP contribution in [0, 0.1) is 0 Å². The molecule has 0 bridgehead atoms. The minimum Gasteiger partial charge on any atom is -0.497 e.